The molecule has 0 fully saturated rings. The van der Waals surface area contributed by atoms with E-state index in [-0.39, 0.29) is 18.2 Å². The number of aryl methyl sites for hydroxylation is 1. The molecule has 0 saturated heterocycles. The Hall–Kier alpha value is -5.21. The van der Waals surface area contributed by atoms with Gasteiger partial charge in [-0.2, -0.15) is 13.2 Å². The van der Waals surface area contributed by atoms with Gasteiger partial charge in [0.1, 0.15) is 11.6 Å². The molecule has 40 heavy (non-hydrogen) atoms. The van der Waals surface area contributed by atoms with E-state index >= 15 is 0 Å². The summed E-state index contributed by atoms with van der Waals surface area (Å²) in [5, 5.41) is 22.8. The highest BCUT2D eigenvalue weighted by Gasteiger charge is 2.36. The van der Waals surface area contributed by atoms with Crippen molar-refractivity contribution in [2.75, 3.05) is 0 Å². The van der Waals surface area contributed by atoms with Gasteiger partial charge in [0.2, 0.25) is 11.7 Å². The molecule has 0 saturated carbocycles. The van der Waals surface area contributed by atoms with Crippen LogP contribution in [0.15, 0.2) is 76.3 Å². The van der Waals surface area contributed by atoms with Crippen molar-refractivity contribution in [2.45, 2.75) is 12.8 Å². The van der Waals surface area contributed by atoms with Crippen molar-refractivity contribution in [3.05, 3.63) is 101 Å². The molecule has 0 aliphatic carbocycles. The van der Waals surface area contributed by atoms with Crippen LogP contribution in [0.4, 0.5) is 22.0 Å². The molecule has 0 aliphatic heterocycles. The molecule has 5 rings (SSSR count). The number of ether oxygens (including phenoxy) is 1. The molecule has 2 heterocycles. The lowest BCUT2D eigenvalue weighted by Crippen LogP contribution is -2.12. The zero-order valence-corrected chi connectivity index (χ0v) is 20.3. The molecule has 204 valence electrons. The summed E-state index contributed by atoms with van der Waals surface area (Å²) in [5.41, 5.74) is -0.691. The summed E-state index contributed by atoms with van der Waals surface area (Å²) in [6.45, 7) is -0.374. The van der Waals surface area contributed by atoms with E-state index in [9.17, 15) is 22.0 Å². The molecule has 10 nitrogen and oxygen atoms in total. The summed E-state index contributed by atoms with van der Waals surface area (Å²) in [5.74, 6) is -3.04. The van der Waals surface area contributed by atoms with Gasteiger partial charge in [-0.3, -0.25) is 0 Å². The molecule has 0 bridgehead atoms. The second kappa shape index (κ2) is 10.9. The van der Waals surface area contributed by atoms with Gasteiger partial charge in [-0.25, -0.2) is 13.5 Å². The van der Waals surface area contributed by atoms with Gasteiger partial charge in [-0.15, -0.1) is 15.3 Å². The molecule has 0 unspecified atom stereocenters. The summed E-state index contributed by atoms with van der Waals surface area (Å²) < 4.78 is 80.7. The predicted octanol–water partition coefficient (Wildman–Crippen LogP) is 5.32. The van der Waals surface area contributed by atoms with E-state index in [2.05, 4.69) is 30.9 Å². The number of hydrogen-bond acceptors (Lipinski definition) is 9. The van der Waals surface area contributed by atoms with Gasteiger partial charge in [0.05, 0.1) is 11.1 Å². The Morgan fingerprint density at radius 3 is 2.48 bits per heavy atom. The molecule has 0 radical (unpaired) electrons. The third-order valence-electron chi connectivity index (χ3n) is 5.34. The third kappa shape index (κ3) is 5.77. The molecule has 0 aliphatic rings. The first-order chi connectivity index (χ1) is 19.2. The smallest absolute Gasteiger partial charge is 0.417 e. The number of aromatic nitrogens is 6. The Balaban J connectivity index is 1.37. The van der Waals surface area contributed by atoms with Crippen molar-refractivity contribution >= 4 is 5.71 Å². The molecule has 0 N–H and O–H groups in total. The number of benzene rings is 3. The van der Waals surface area contributed by atoms with Crippen LogP contribution in [-0.4, -0.2) is 36.1 Å². The van der Waals surface area contributed by atoms with Gasteiger partial charge in [0.25, 0.3) is 5.89 Å². The zero-order valence-electron chi connectivity index (χ0n) is 20.3. The van der Waals surface area contributed by atoms with E-state index < -0.39 is 40.6 Å². The van der Waals surface area contributed by atoms with Crippen LogP contribution in [0.3, 0.4) is 0 Å². The monoisotopic (exact) mass is 557 g/mol. The first-order valence-electron chi connectivity index (χ1n) is 11.3. The molecular formula is C25H16F5N7O3. The molecule has 3 aromatic carbocycles. The van der Waals surface area contributed by atoms with Crippen LogP contribution >= 0.6 is 0 Å². The highest BCUT2D eigenvalue weighted by atomic mass is 19.4. The Bertz CT molecular complexity index is 1670. The lowest BCUT2D eigenvalue weighted by Gasteiger charge is -2.13. The Morgan fingerprint density at radius 1 is 0.975 bits per heavy atom. The van der Waals surface area contributed by atoms with Gasteiger partial charge in [0, 0.05) is 18.7 Å². The molecule has 0 atom stereocenters. The highest BCUT2D eigenvalue weighted by Crippen LogP contribution is 2.40. The third-order valence-corrected chi connectivity index (χ3v) is 5.34. The minimum Gasteiger partial charge on any atom is -0.454 e. The number of hydrogen-bond donors (Lipinski definition) is 0. The Morgan fingerprint density at radius 2 is 1.77 bits per heavy atom. The van der Waals surface area contributed by atoms with E-state index in [1.165, 1.54) is 4.68 Å². The first kappa shape index (κ1) is 26.4. The van der Waals surface area contributed by atoms with Crippen molar-refractivity contribution in [1.82, 2.24) is 30.4 Å². The molecule has 5 aromatic rings. The number of alkyl halides is 3. The van der Waals surface area contributed by atoms with Crippen molar-refractivity contribution in [3.63, 3.8) is 0 Å². The van der Waals surface area contributed by atoms with Gasteiger partial charge in [-0.05, 0) is 40.8 Å². The van der Waals surface area contributed by atoms with Crippen molar-refractivity contribution in [1.29, 1.82) is 0 Å². The van der Waals surface area contributed by atoms with E-state index in [0.717, 1.165) is 24.3 Å². The van der Waals surface area contributed by atoms with Crippen LogP contribution in [0, 0.1) is 11.6 Å². The van der Waals surface area contributed by atoms with Crippen molar-refractivity contribution in [2.24, 2.45) is 12.2 Å². The topological polar surface area (TPSA) is 113 Å². The van der Waals surface area contributed by atoms with E-state index in [1.54, 1.807) is 31.3 Å². The van der Waals surface area contributed by atoms with E-state index in [1.807, 2.05) is 6.07 Å². The summed E-state index contributed by atoms with van der Waals surface area (Å²) in [4.78, 5) is 5.35. The van der Waals surface area contributed by atoms with Gasteiger partial charge < -0.3 is 14.0 Å². The van der Waals surface area contributed by atoms with Gasteiger partial charge >= 0.3 is 6.18 Å². The second-order valence-corrected chi connectivity index (χ2v) is 8.09. The average molecular weight is 557 g/mol. The summed E-state index contributed by atoms with van der Waals surface area (Å²) in [7, 11) is 1.61. The van der Waals surface area contributed by atoms with Crippen LogP contribution in [0.25, 0.3) is 11.5 Å². The molecule has 0 amide bonds. The first-order valence-corrected chi connectivity index (χ1v) is 11.3. The Kier molecular flexibility index (Phi) is 7.18. The minimum atomic E-state index is -4.86. The number of tetrazole rings is 1. The van der Waals surface area contributed by atoms with Crippen LogP contribution in [0.2, 0.25) is 0 Å². The van der Waals surface area contributed by atoms with Crippen LogP contribution < -0.4 is 4.74 Å². The predicted molar refractivity (Wildman–Crippen MR) is 127 cm³/mol. The molecule has 2 aromatic heterocycles. The summed E-state index contributed by atoms with van der Waals surface area (Å²) in [6.07, 6.45) is -4.86. The van der Waals surface area contributed by atoms with E-state index in [4.69, 9.17) is 14.0 Å². The fourth-order valence-electron chi connectivity index (χ4n) is 3.51. The van der Waals surface area contributed by atoms with Crippen molar-refractivity contribution < 1.29 is 35.9 Å². The molecule has 15 heteroatoms. The van der Waals surface area contributed by atoms with Crippen molar-refractivity contribution in [3.8, 4) is 23.0 Å². The number of rotatable bonds is 8. The van der Waals surface area contributed by atoms with Gasteiger partial charge in [-0.1, -0.05) is 35.5 Å². The van der Waals surface area contributed by atoms with Crippen LogP contribution in [-0.2, 0) is 24.7 Å². The fourth-order valence-corrected chi connectivity index (χ4v) is 3.51. The number of halogens is 5. The maximum absolute atomic E-state index is 13.9. The number of oxime groups is 1. The maximum atomic E-state index is 13.9. The second-order valence-electron chi connectivity index (χ2n) is 8.09. The van der Waals surface area contributed by atoms with E-state index in [0.29, 0.717) is 29.2 Å². The molecule has 0 spiro atoms. The highest BCUT2D eigenvalue weighted by molar-refractivity contribution is 6.10. The quantitative estimate of drug-likeness (QED) is 0.143. The van der Waals surface area contributed by atoms with Crippen LogP contribution in [0.1, 0.15) is 22.8 Å². The lowest BCUT2D eigenvalue weighted by molar-refractivity contribution is -0.137. The average Bonchev–Trinajstić information content (AvgIpc) is 3.57. The summed E-state index contributed by atoms with van der Waals surface area (Å²) >= 11 is 0. The maximum Gasteiger partial charge on any atom is 0.417 e. The summed E-state index contributed by atoms with van der Waals surface area (Å²) in [6, 6.07) is 14.1. The number of nitrogens with zero attached hydrogens (tertiary/aromatic N) is 7. The van der Waals surface area contributed by atoms with Crippen LogP contribution in [0.5, 0.6) is 11.5 Å². The lowest BCUT2D eigenvalue weighted by atomic mass is 10.1. The van der Waals surface area contributed by atoms with Gasteiger partial charge in [0.15, 0.2) is 23.9 Å². The SMILES string of the molecule is Cn1nnnc1/C(=N\OCc1nnc(-c2ccc(Oc3ccc(F)cc3F)cc2C(F)(F)F)o1)c1ccccc1. The molecular weight excluding hydrogens is 541 g/mol. The minimum absolute atomic E-state index is 0.163. The standard InChI is InChI=1S/C25H16F5N7O3/c1-37-23(32-35-36-37)22(14-5-3-2-4-6-14)34-38-13-21-31-33-24(40-21)17-9-8-16(12-18(17)25(28,29)30)39-20-10-7-15(26)11-19(20)27/h2-12H,13H2,1H3/b34-22-. The largest absolute Gasteiger partial charge is 0.454 e. The Labute approximate surface area is 221 Å². The normalized spacial score (nSPS) is 12.0. The zero-order chi connectivity index (χ0) is 28.3. The fraction of sp³-hybridized carbons (Fsp3) is 0.120.